The maximum Gasteiger partial charge on any atom is 0.312 e. The van der Waals surface area contributed by atoms with Crippen molar-refractivity contribution in [1.29, 1.82) is 0 Å². The molecule has 1 aromatic carbocycles. The molecule has 1 N–H and O–H groups in total. The molecule has 3 fully saturated rings. The predicted octanol–water partition coefficient (Wildman–Crippen LogP) is 4.31. The van der Waals surface area contributed by atoms with E-state index in [1.54, 1.807) is 15.9 Å². The normalized spacial score (nSPS) is 30.6. The second kappa shape index (κ2) is 12.3. The number of ether oxygens (including phenoxy) is 2. The van der Waals surface area contributed by atoms with Gasteiger partial charge in [0.05, 0.1) is 30.8 Å². The van der Waals surface area contributed by atoms with Crippen LogP contribution in [0.2, 0.25) is 0 Å². The van der Waals surface area contributed by atoms with E-state index in [4.69, 9.17) is 9.47 Å². The molecule has 2 bridgehead atoms. The van der Waals surface area contributed by atoms with Crippen LogP contribution in [0.3, 0.4) is 0 Å². The monoisotopic (exact) mass is 580 g/mol. The minimum atomic E-state index is -1.22. The molecule has 230 valence electrons. The van der Waals surface area contributed by atoms with Gasteiger partial charge in [-0.25, -0.2) is 0 Å². The Morgan fingerprint density at radius 3 is 2.50 bits per heavy atom. The summed E-state index contributed by atoms with van der Waals surface area (Å²) < 4.78 is 12.6. The molecule has 1 aromatic rings. The van der Waals surface area contributed by atoms with Crippen molar-refractivity contribution in [2.45, 2.75) is 95.5 Å². The molecule has 3 saturated heterocycles. The molecular formula is C34H48N2O6. The van der Waals surface area contributed by atoms with Crippen molar-refractivity contribution in [2.75, 3.05) is 19.8 Å². The number of rotatable bonds is 13. The van der Waals surface area contributed by atoms with E-state index in [1.165, 1.54) is 0 Å². The number of allylic oxidation sites excluding steroid dienone is 1. The van der Waals surface area contributed by atoms with E-state index in [2.05, 4.69) is 13.2 Å². The van der Waals surface area contributed by atoms with Gasteiger partial charge in [0, 0.05) is 12.1 Å². The van der Waals surface area contributed by atoms with Crippen molar-refractivity contribution in [1.82, 2.24) is 9.80 Å². The molecule has 2 amide bonds. The molecule has 0 aliphatic carbocycles. The molecule has 8 nitrogen and oxygen atoms in total. The Morgan fingerprint density at radius 1 is 1.21 bits per heavy atom. The smallest absolute Gasteiger partial charge is 0.312 e. The molecule has 3 aliphatic heterocycles. The van der Waals surface area contributed by atoms with Crippen LogP contribution in [0.15, 0.2) is 55.6 Å². The first-order chi connectivity index (χ1) is 19.9. The quantitative estimate of drug-likeness (QED) is 0.212. The van der Waals surface area contributed by atoms with Gasteiger partial charge in [-0.15, -0.1) is 13.2 Å². The minimum Gasteiger partial charge on any atom is -0.465 e. The second-order valence-corrected chi connectivity index (χ2v) is 13.3. The Morgan fingerprint density at radius 2 is 1.90 bits per heavy atom. The van der Waals surface area contributed by atoms with Crippen LogP contribution < -0.4 is 0 Å². The van der Waals surface area contributed by atoms with Crippen LogP contribution in [0.4, 0.5) is 0 Å². The fourth-order valence-corrected chi connectivity index (χ4v) is 7.47. The first-order valence-electron chi connectivity index (χ1n) is 15.2. The third kappa shape index (κ3) is 5.44. The predicted molar refractivity (Wildman–Crippen MR) is 161 cm³/mol. The maximum absolute atomic E-state index is 14.7. The van der Waals surface area contributed by atoms with Gasteiger partial charge in [-0.3, -0.25) is 14.4 Å². The standard InChI is InChI=1S/C34H48N2O6/c1-8-10-11-15-19-41-31(40)27-26-29(38)36(25(22-37)20-24-16-13-12-14-17-24)28(30(39)35(18-9-2)32(4,5)6)34(26)21-23(3)33(27,7)42-34/h8-9,12-14,16-17,23,25-28,37H,1-2,10-11,15,18-22H2,3-7H3/t23?,25-,26+,27+,28?,33-,34?/m1/s1. The number of carbonyl (C=O) groups excluding carboxylic acids is 3. The van der Waals surface area contributed by atoms with Gasteiger partial charge in [-0.05, 0) is 71.3 Å². The number of likely N-dealkylation sites (tertiary alicyclic amines) is 1. The molecule has 3 heterocycles. The lowest BCUT2D eigenvalue weighted by Gasteiger charge is -2.43. The van der Waals surface area contributed by atoms with Crippen LogP contribution in [0.1, 0.15) is 65.9 Å². The number of amides is 2. The Kier molecular flexibility index (Phi) is 9.38. The molecule has 3 aliphatic rings. The average molecular weight is 581 g/mol. The summed E-state index contributed by atoms with van der Waals surface area (Å²) in [5.41, 5.74) is -1.81. The summed E-state index contributed by atoms with van der Waals surface area (Å²) in [5, 5.41) is 10.7. The first kappa shape index (κ1) is 32.0. The summed E-state index contributed by atoms with van der Waals surface area (Å²) in [7, 11) is 0. The summed E-state index contributed by atoms with van der Waals surface area (Å²) >= 11 is 0. The molecule has 8 heteroatoms. The molecule has 42 heavy (non-hydrogen) atoms. The SMILES string of the molecule is C=CCCCCOC(=O)[C@@H]1[C@H]2C(=O)N([C@@H](CO)Cc3ccccc3)C(C(=O)N(CC=C)C(C)(C)C)C23CC(C)[C@@]1(C)O3. The lowest BCUT2D eigenvalue weighted by Crippen LogP contribution is -2.62. The van der Waals surface area contributed by atoms with Crippen LogP contribution in [0, 0.1) is 17.8 Å². The van der Waals surface area contributed by atoms with Crippen LogP contribution >= 0.6 is 0 Å². The Labute approximate surface area is 250 Å². The number of aliphatic hydroxyl groups excluding tert-OH is 1. The highest BCUT2D eigenvalue weighted by atomic mass is 16.6. The van der Waals surface area contributed by atoms with Crippen LogP contribution in [-0.2, 0) is 30.3 Å². The number of aliphatic hydroxyl groups is 1. The van der Waals surface area contributed by atoms with E-state index >= 15 is 0 Å². The topological polar surface area (TPSA) is 96.4 Å². The molecule has 3 unspecified atom stereocenters. The van der Waals surface area contributed by atoms with Crippen LogP contribution in [0.5, 0.6) is 0 Å². The van der Waals surface area contributed by atoms with Crippen molar-refractivity contribution in [3.63, 3.8) is 0 Å². The lowest BCUT2D eigenvalue weighted by molar-refractivity contribution is -0.164. The highest BCUT2D eigenvalue weighted by Crippen LogP contribution is 2.65. The van der Waals surface area contributed by atoms with E-state index < -0.39 is 46.6 Å². The van der Waals surface area contributed by atoms with Gasteiger partial charge in [0.1, 0.15) is 17.6 Å². The number of carbonyl (C=O) groups is 3. The molecule has 0 aromatic heterocycles. The second-order valence-electron chi connectivity index (χ2n) is 13.3. The zero-order valence-corrected chi connectivity index (χ0v) is 25.9. The molecular weight excluding hydrogens is 532 g/mol. The summed E-state index contributed by atoms with van der Waals surface area (Å²) in [6, 6.07) is 7.92. The number of hydrogen-bond acceptors (Lipinski definition) is 6. The van der Waals surface area contributed by atoms with Gasteiger partial charge in [-0.2, -0.15) is 0 Å². The van der Waals surface area contributed by atoms with E-state index in [-0.39, 0.29) is 37.5 Å². The molecule has 0 saturated carbocycles. The molecule has 0 radical (unpaired) electrons. The summed E-state index contributed by atoms with van der Waals surface area (Å²) in [6.45, 7) is 17.5. The van der Waals surface area contributed by atoms with Crippen LogP contribution in [-0.4, -0.2) is 81.3 Å². The van der Waals surface area contributed by atoms with Gasteiger partial charge in [0.25, 0.3) is 0 Å². The fourth-order valence-electron chi connectivity index (χ4n) is 7.47. The van der Waals surface area contributed by atoms with Crippen molar-refractivity contribution in [2.24, 2.45) is 17.8 Å². The van der Waals surface area contributed by atoms with E-state index in [9.17, 15) is 19.5 Å². The van der Waals surface area contributed by atoms with Crippen molar-refractivity contribution in [3.8, 4) is 0 Å². The molecule has 4 rings (SSSR count). The summed E-state index contributed by atoms with van der Waals surface area (Å²) in [5.74, 6) is -2.90. The highest BCUT2D eigenvalue weighted by Gasteiger charge is 2.81. The van der Waals surface area contributed by atoms with Gasteiger partial charge in [0.2, 0.25) is 11.8 Å². The van der Waals surface area contributed by atoms with E-state index in [0.717, 1.165) is 18.4 Å². The highest BCUT2D eigenvalue weighted by molar-refractivity contribution is 5.99. The van der Waals surface area contributed by atoms with Gasteiger partial charge in [0.15, 0.2) is 0 Å². The Bertz CT molecular complexity index is 1180. The Hall–Kier alpha value is -2.97. The summed E-state index contributed by atoms with van der Waals surface area (Å²) in [6.07, 6.45) is 6.70. The van der Waals surface area contributed by atoms with Crippen molar-refractivity contribution in [3.05, 3.63) is 61.2 Å². The zero-order valence-electron chi connectivity index (χ0n) is 25.9. The number of benzene rings is 1. The number of fused-ring (bicyclic) bond motifs is 1. The van der Waals surface area contributed by atoms with Gasteiger partial charge >= 0.3 is 5.97 Å². The largest absolute Gasteiger partial charge is 0.465 e. The van der Waals surface area contributed by atoms with E-state index in [0.29, 0.717) is 19.3 Å². The summed E-state index contributed by atoms with van der Waals surface area (Å²) in [4.78, 5) is 46.3. The Balaban J connectivity index is 1.79. The third-order valence-corrected chi connectivity index (χ3v) is 9.59. The maximum atomic E-state index is 14.7. The third-order valence-electron chi connectivity index (χ3n) is 9.59. The number of unbranched alkanes of at least 4 members (excludes halogenated alkanes) is 2. The van der Waals surface area contributed by atoms with Gasteiger partial charge in [-0.1, -0.05) is 49.4 Å². The van der Waals surface area contributed by atoms with E-state index in [1.807, 2.05) is 71.0 Å². The minimum absolute atomic E-state index is 0.0979. The fraction of sp³-hybridized carbons (Fsp3) is 0.618. The van der Waals surface area contributed by atoms with Crippen LogP contribution in [0.25, 0.3) is 0 Å². The number of hydrogen-bond donors (Lipinski definition) is 1. The molecule has 1 spiro atoms. The van der Waals surface area contributed by atoms with Gasteiger partial charge < -0.3 is 24.4 Å². The van der Waals surface area contributed by atoms with Crippen molar-refractivity contribution < 1.29 is 29.0 Å². The first-order valence-corrected chi connectivity index (χ1v) is 15.2. The lowest BCUT2D eigenvalue weighted by atomic mass is 9.62. The average Bonchev–Trinajstić information content (AvgIpc) is 3.46. The zero-order chi connectivity index (χ0) is 30.9. The number of nitrogens with zero attached hydrogens (tertiary/aromatic N) is 2. The number of esters is 1. The molecule has 7 atom stereocenters. The van der Waals surface area contributed by atoms with Crippen molar-refractivity contribution >= 4 is 17.8 Å².